The molecule has 0 aliphatic carbocycles. The summed E-state index contributed by atoms with van der Waals surface area (Å²) in [5, 5.41) is 16.3. The first kappa shape index (κ1) is 17.5. The van der Waals surface area contributed by atoms with E-state index in [2.05, 4.69) is 5.32 Å². The molecule has 1 amide bonds. The molecule has 2 aromatic heterocycles. The zero-order chi connectivity index (χ0) is 19.0. The third kappa shape index (κ3) is 2.85. The van der Waals surface area contributed by atoms with E-state index in [9.17, 15) is 14.7 Å². The van der Waals surface area contributed by atoms with Gasteiger partial charge in [0.05, 0.1) is 5.69 Å². The number of rotatable bonds is 3. The van der Waals surface area contributed by atoms with Crippen molar-refractivity contribution in [2.24, 2.45) is 0 Å². The van der Waals surface area contributed by atoms with Crippen LogP contribution in [0, 0.1) is 0 Å². The first-order valence-electron chi connectivity index (χ1n) is 8.57. The van der Waals surface area contributed by atoms with Crippen LogP contribution in [0.5, 0.6) is 0 Å². The number of ether oxygens (including phenoxy) is 1. The van der Waals surface area contributed by atoms with Crippen LogP contribution in [-0.4, -0.2) is 28.3 Å². The van der Waals surface area contributed by atoms with Crippen LogP contribution in [0.2, 0.25) is 0 Å². The number of nitrogens with one attached hydrogen (secondary N) is 1. The van der Waals surface area contributed by atoms with Crippen molar-refractivity contribution in [1.82, 2.24) is 4.57 Å². The number of nitrogens with zero attached hydrogens (tertiary/aromatic N) is 1. The molecule has 3 heterocycles. The highest BCUT2D eigenvalue weighted by Gasteiger charge is 2.39. The molecule has 0 saturated carbocycles. The Bertz CT molecular complexity index is 1010. The minimum absolute atomic E-state index is 0.0425. The minimum atomic E-state index is -1.05. The second-order valence-corrected chi connectivity index (χ2v) is 7.12. The number of amides is 1. The van der Waals surface area contributed by atoms with Crippen molar-refractivity contribution >= 4 is 29.0 Å². The number of carboxylic acid groups (broad SMARTS) is 1. The third-order valence-electron chi connectivity index (χ3n) is 4.91. The smallest absolute Gasteiger partial charge is 0.415 e. The van der Waals surface area contributed by atoms with Crippen LogP contribution in [0.25, 0.3) is 11.3 Å². The van der Waals surface area contributed by atoms with Crippen molar-refractivity contribution < 1.29 is 19.4 Å². The monoisotopic (exact) mass is 382 g/mol. The number of anilines is 1. The van der Waals surface area contributed by atoms with Crippen LogP contribution in [0.1, 0.15) is 24.5 Å². The van der Waals surface area contributed by atoms with Crippen LogP contribution >= 0.6 is 11.3 Å². The third-order valence-corrected chi connectivity index (χ3v) is 5.60. The summed E-state index contributed by atoms with van der Waals surface area (Å²) in [5.74, 6) is -0.205. The average molecular weight is 382 g/mol. The zero-order valence-electron chi connectivity index (χ0n) is 14.6. The van der Waals surface area contributed by atoms with Gasteiger partial charge >= 0.3 is 6.09 Å². The summed E-state index contributed by atoms with van der Waals surface area (Å²) in [6, 6.07) is 11.0. The lowest BCUT2D eigenvalue weighted by molar-refractivity contribution is -0.125. The number of hydrogen-bond donors (Lipinski definition) is 2. The fourth-order valence-electron chi connectivity index (χ4n) is 3.61. The van der Waals surface area contributed by atoms with Crippen molar-refractivity contribution in [3.63, 3.8) is 0 Å². The van der Waals surface area contributed by atoms with Gasteiger partial charge in [0.25, 0.3) is 0 Å². The second kappa shape index (κ2) is 6.68. The molecule has 138 valence electrons. The Morgan fingerprint density at radius 1 is 1.37 bits per heavy atom. The molecule has 7 heteroatoms. The maximum absolute atomic E-state index is 12.2. The number of hydrogen-bond acceptors (Lipinski definition) is 4. The molecule has 27 heavy (non-hydrogen) atoms. The Morgan fingerprint density at radius 2 is 2.22 bits per heavy atom. The number of carbonyl (C=O) groups excluding carboxylic acids is 1. The maximum atomic E-state index is 12.2. The molecule has 1 aromatic carbocycles. The summed E-state index contributed by atoms with van der Waals surface area (Å²) < 4.78 is 7.32. The Kier molecular flexibility index (Phi) is 4.33. The summed E-state index contributed by atoms with van der Waals surface area (Å²) in [4.78, 5) is 23.7. The highest BCUT2D eigenvalue weighted by molar-refractivity contribution is 7.08. The van der Waals surface area contributed by atoms with Gasteiger partial charge in [-0.05, 0) is 58.6 Å². The van der Waals surface area contributed by atoms with Gasteiger partial charge in [-0.15, -0.1) is 0 Å². The van der Waals surface area contributed by atoms with E-state index in [1.165, 1.54) is 10.8 Å². The summed E-state index contributed by atoms with van der Waals surface area (Å²) in [6.07, 6.45) is 1.09. The van der Waals surface area contributed by atoms with E-state index >= 15 is 0 Å². The molecular formula is C20H18N2O4S. The zero-order valence-corrected chi connectivity index (χ0v) is 15.5. The fourth-order valence-corrected chi connectivity index (χ4v) is 4.33. The van der Waals surface area contributed by atoms with Gasteiger partial charge in [0.2, 0.25) is 5.91 Å². The molecule has 1 unspecified atom stereocenters. The van der Waals surface area contributed by atoms with Crippen molar-refractivity contribution in [3.8, 4) is 11.3 Å². The van der Waals surface area contributed by atoms with E-state index in [1.807, 2.05) is 41.9 Å². The van der Waals surface area contributed by atoms with E-state index in [-0.39, 0.29) is 12.5 Å². The van der Waals surface area contributed by atoms with Crippen molar-refractivity contribution in [2.75, 3.05) is 11.9 Å². The van der Waals surface area contributed by atoms with E-state index in [1.54, 1.807) is 23.5 Å². The summed E-state index contributed by atoms with van der Waals surface area (Å²) >= 11 is 1.57. The molecule has 0 fully saturated rings. The average Bonchev–Trinajstić information content (AvgIpc) is 3.33. The standard InChI is InChI=1S/C20H18N2O4S/c1-2-20(14-7-9-27-12-14)15-10-13(17-4-3-8-22(17)19(24)25)5-6-16(15)21-18(23)11-26-20/h3-10,12H,2,11H2,1H3,(H,21,23)(H,24,25). The minimum Gasteiger partial charge on any atom is -0.464 e. The summed E-state index contributed by atoms with van der Waals surface area (Å²) in [7, 11) is 0. The van der Waals surface area contributed by atoms with Crippen molar-refractivity contribution in [3.05, 3.63) is 64.5 Å². The molecule has 1 aliphatic heterocycles. The van der Waals surface area contributed by atoms with Crippen LogP contribution in [-0.2, 0) is 15.1 Å². The Labute approximate surface area is 160 Å². The molecule has 3 aromatic rings. The van der Waals surface area contributed by atoms with Gasteiger partial charge in [-0.25, -0.2) is 4.79 Å². The van der Waals surface area contributed by atoms with Crippen LogP contribution in [0.4, 0.5) is 10.5 Å². The van der Waals surface area contributed by atoms with E-state index < -0.39 is 11.7 Å². The molecular weight excluding hydrogens is 364 g/mol. The molecule has 4 rings (SSSR count). The van der Waals surface area contributed by atoms with E-state index in [0.717, 1.165) is 16.7 Å². The summed E-state index contributed by atoms with van der Waals surface area (Å²) in [5.41, 5.74) is 3.03. The molecule has 0 spiro atoms. The van der Waals surface area contributed by atoms with Crippen molar-refractivity contribution in [2.45, 2.75) is 18.9 Å². The van der Waals surface area contributed by atoms with Gasteiger partial charge in [-0.2, -0.15) is 11.3 Å². The Hall–Kier alpha value is -2.90. The van der Waals surface area contributed by atoms with E-state index in [4.69, 9.17) is 4.74 Å². The van der Waals surface area contributed by atoms with Gasteiger partial charge in [-0.3, -0.25) is 9.36 Å². The lowest BCUT2D eigenvalue weighted by Gasteiger charge is -2.32. The Morgan fingerprint density at radius 3 is 2.93 bits per heavy atom. The molecule has 1 aliphatic rings. The molecule has 2 N–H and O–H groups in total. The van der Waals surface area contributed by atoms with Crippen LogP contribution in [0.3, 0.4) is 0 Å². The van der Waals surface area contributed by atoms with Crippen molar-refractivity contribution in [1.29, 1.82) is 0 Å². The van der Waals surface area contributed by atoms with Crippen LogP contribution < -0.4 is 5.32 Å². The summed E-state index contributed by atoms with van der Waals surface area (Å²) in [6.45, 7) is 1.98. The number of benzene rings is 1. The molecule has 0 radical (unpaired) electrons. The van der Waals surface area contributed by atoms with Gasteiger partial charge in [-0.1, -0.05) is 13.0 Å². The SMILES string of the molecule is CCC1(c2ccsc2)OCC(=O)Nc2ccc(-c3cccn3C(=O)O)cc21. The van der Waals surface area contributed by atoms with Crippen LogP contribution in [0.15, 0.2) is 53.4 Å². The first-order chi connectivity index (χ1) is 13.0. The van der Waals surface area contributed by atoms with E-state index in [0.29, 0.717) is 17.8 Å². The lowest BCUT2D eigenvalue weighted by atomic mass is 9.83. The largest absolute Gasteiger partial charge is 0.464 e. The van der Waals surface area contributed by atoms with Gasteiger partial charge in [0.1, 0.15) is 12.2 Å². The molecule has 0 bridgehead atoms. The van der Waals surface area contributed by atoms with Gasteiger partial charge in [0, 0.05) is 17.4 Å². The first-order valence-corrected chi connectivity index (χ1v) is 9.51. The maximum Gasteiger partial charge on any atom is 0.415 e. The highest BCUT2D eigenvalue weighted by atomic mass is 32.1. The normalized spacial score (nSPS) is 19.2. The topological polar surface area (TPSA) is 80.6 Å². The lowest BCUT2D eigenvalue weighted by Crippen LogP contribution is -2.30. The second-order valence-electron chi connectivity index (χ2n) is 6.34. The fraction of sp³-hybridized carbons (Fsp3) is 0.200. The Balaban J connectivity index is 1.94. The van der Waals surface area contributed by atoms with Gasteiger partial charge < -0.3 is 15.2 Å². The predicted molar refractivity (Wildman–Crippen MR) is 103 cm³/mol. The predicted octanol–water partition coefficient (Wildman–Crippen LogP) is 4.37. The molecule has 0 saturated heterocycles. The number of thiophene rings is 1. The van der Waals surface area contributed by atoms with Gasteiger partial charge in [0.15, 0.2) is 0 Å². The number of fused-ring (bicyclic) bond motifs is 1. The molecule has 6 nitrogen and oxygen atoms in total. The quantitative estimate of drug-likeness (QED) is 0.705. The molecule has 1 atom stereocenters. The number of carbonyl (C=O) groups is 2. The number of aromatic nitrogens is 1. The highest BCUT2D eigenvalue weighted by Crippen LogP contribution is 2.44.